The predicted octanol–water partition coefficient (Wildman–Crippen LogP) is 3.10. The summed E-state index contributed by atoms with van der Waals surface area (Å²) >= 11 is 3.18. The molecule has 1 aromatic heterocycles. The average molecular weight is 378 g/mol. The fourth-order valence-electron chi connectivity index (χ4n) is 1.77. The maximum atomic E-state index is 13.6. The summed E-state index contributed by atoms with van der Waals surface area (Å²) in [7, 11) is -2.64. The van der Waals surface area contributed by atoms with Crippen LogP contribution in [0.1, 0.15) is 5.56 Å². The summed E-state index contributed by atoms with van der Waals surface area (Å²) in [6, 6.07) is 3.85. The molecule has 0 amide bonds. The number of sulfone groups is 1. The predicted molar refractivity (Wildman–Crippen MR) is 75.7 cm³/mol. The summed E-state index contributed by atoms with van der Waals surface area (Å²) in [5, 5.41) is 0. The Morgan fingerprint density at radius 2 is 2.00 bits per heavy atom. The Morgan fingerprint density at radius 1 is 1.29 bits per heavy atom. The van der Waals surface area contributed by atoms with Gasteiger partial charge >= 0.3 is 0 Å². The van der Waals surface area contributed by atoms with E-state index in [4.69, 9.17) is 4.74 Å². The van der Waals surface area contributed by atoms with Crippen molar-refractivity contribution in [2.75, 3.05) is 7.11 Å². The molecule has 1 aromatic carbocycles. The minimum atomic E-state index is -3.99. The lowest BCUT2D eigenvalue weighted by Gasteiger charge is -2.09. The van der Waals surface area contributed by atoms with Crippen molar-refractivity contribution < 1.29 is 21.9 Å². The Bertz CT molecular complexity index is 781. The zero-order valence-corrected chi connectivity index (χ0v) is 13.2. The third-order valence-corrected chi connectivity index (χ3v) is 4.79. The van der Waals surface area contributed by atoms with E-state index in [2.05, 4.69) is 20.9 Å². The van der Waals surface area contributed by atoms with Crippen molar-refractivity contribution in [3.05, 3.63) is 52.1 Å². The number of hydrogen-bond acceptors (Lipinski definition) is 4. The lowest BCUT2D eigenvalue weighted by molar-refractivity contribution is 0.393. The van der Waals surface area contributed by atoms with Crippen molar-refractivity contribution in [2.24, 2.45) is 0 Å². The average Bonchev–Trinajstić information content (AvgIpc) is 2.37. The van der Waals surface area contributed by atoms with Crippen molar-refractivity contribution >= 4 is 25.8 Å². The van der Waals surface area contributed by atoms with Gasteiger partial charge in [-0.25, -0.2) is 22.2 Å². The molecule has 0 saturated carbocycles. The van der Waals surface area contributed by atoms with Crippen molar-refractivity contribution in [3.8, 4) is 5.88 Å². The number of benzene rings is 1. The fraction of sp³-hybridized carbons (Fsp3) is 0.154. The Labute approximate surface area is 128 Å². The van der Waals surface area contributed by atoms with Gasteiger partial charge in [0.25, 0.3) is 0 Å². The van der Waals surface area contributed by atoms with Crippen LogP contribution in [-0.2, 0) is 15.6 Å². The Balaban J connectivity index is 2.44. The molecule has 4 nitrogen and oxygen atoms in total. The van der Waals surface area contributed by atoms with Gasteiger partial charge < -0.3 is 4.74 Å². The van der Waals surface area contributed by atoms with Crippen LogP contribution in [0.2, 0.25) is 0 Å². The van der Waals surface area contributed by atoms with E-state index in [1.54, 1.807) is 0 Å². The van der Waals surface area contributed by atoms with Gasteiger partial charge in [-0.15, -0.1) is 0 Å². The smallest absolute Gasteiger partial charge is 0.217 e. The molecular weight excluding hydrogens is 368 g/mol. The monoisotopic (exact) mass is 377 g/mol. The minimum Gasteiger partial charge on any atom is -0.481 e. The molecule has 0 fully saturated rings. The normalized spacial score (nSPS) is 11.4. The zero-order valence-electron chi connectivity index (χ0n) is 10.8. The Morgan fingerprint density at radius 3 is 2.62 bits per heavy atom. The van der Waals surface area contributed by atoms with E-state index >= 15 is 0 Å². The van der Waals surface area contributed by atoms with Crippen LogP contribution in [0.3, 0.4) is 0 Å². The number of rotatable bonds is 4. The number of nitrogens with zero attached hydrogens (tertiary/aromatic N) is 1. The first-order valence-electron chi connectivity index (χ1n) is 5.69. The molecule has 0 bridgehead atoms. The molecule has 0 aliphatic carbocycles. The molecular formula is C13H10BrF2NO3S. The second-order valence-corrected chi connectivity index (χ2v) is 7.03. The van der Waals surface area contributed by atoms with Gasteiger partial charge in [-0.05, 0) is 34.1 Å². The molecule has 2 rings (SSSR count). The van der Waals surface area contributed by atoms with Crippen LogP contribution in [-0.4, -0.2) is 20.5 Å². The third-order valence-electron chi connectivity index (χ3n) is 2.66. The maximum Gasteiger partial charge on any atom is 0.217 e. The topological polar surface area (TPSA) is 56.3 Å². The minimum absolute atomic E-state index is 0.129. The molecule has 0 N–H and O–H groups in total. The molecule has 2 aromatic rings. The Kier molecular flexibility index (Phi) is 4.58. The first-order valence-corrected chi connectivity index (χ1v) is 8.14. The molecule has 0 saturated heterocycles. The lowest BCUT2D eigenvalue weighted by atomic mass is 10.3. The highest BCUT2D eigenvalue weighted by molar-refractivity contribution is 9.10. The number of pyridine rings is 1. The van der Waals surface area contributed by atoms with Gasteiger partial charge in [0.1, 0.15) is 16.5 Å². The number of ether oxygens (including phenoxy) is 1. The highest BCUT2D eigenvalue weighted by atomic mass is 79.9. The van der Waals surface area contributed by atoms with E-state index in [1.807, 2.05) is 0 Å². The largest absolute Gasteiger partial charge is 0.481 e. The summed E-state index contributed by atoms with van der Waals surface area (Å²) < 4.78 is 56.5. The zero-order chi connectivity index (χ0) is 15.6. The van der Waals surface area contributed by atoms with Gasteiger partial charge in [0, 0.05) is 22.3 Å². The van der Waals surface area contributed by atoms with Gasteiger partial charge in [0.2, 0.25) is 5.88 Å². The highest BCUT2D eigenvalue weighted by Gasteiger charge is 2.22. The summed E-state index contributed by atoms with van der Waals surface area (Å²) in [6.07, 6.45) is 1.45. The van der Waals surface area contributed by atoms with E-state index < -0.39 is 32.1 Å². The molecule has 0 radical (unpaired) electrons. The second kappa shape index (κ2) is 6.07. The SMILES string of the molecule is COc1ncc(Br)cc1CS(=O)(=O)c1ccc(F)cc1F. The summed E-state index contributed by atoms with van der Waals surface area (Å²) in [4.78, 5) is 3.36. The van der Waals surface area contributed by atoms with Crippen molar-refractivity contribution in [1.82, 2.24) is 4.98 Å². The first kappa shape index (κ1) is 15.8. The van der Waals surface area contributed by atoms with Gasteiger partial charge in [-0.2, -0.15) is 0 Å². The van der Waals surface area contributed by atoms with Crippen LogP contribution in [0.4, 0.5) is 8.78 Å². The third kappa shape index (κ3) is 3.56. The molecule has 8 heteroatoms. The van der Waals surface area contributed by atoms with Crippen LogP contribution in [0.25, 0.3) is 0 Å². The Hall–Kier alpha value is -1.54. The van der Waals surface area contributed by atoms with Crippen molar-refractivity contribution in [2.45, 2.75) is 10.6 Å². The molecule has 21 heavy (non-hydrogen) atoms. The van der Waals surface area contributed by atoms with Crippen molar-refractivity contribution in [3.63, 3.8) is 0 Å². The number of aromatic nitrogens is 1. The van der Waals surface area contributed by atoms with Crippen LogP contribution < -0.4 is 4.74 Å². The van der Waals surface area contributed by atoms with Crippen LogP contribution in [0.5, 0.6) is 5.88 Å². The number of methoxy groups -OCH3 is 1. The molecule has 112 valence electrons. The fourth-order valence-corrected chi connectivity index (χ4v) is 3.55. The molecule has 1 heterocycles. The van der Waals surface area contributed by atoms with E-state index in [0.29, 0.717) is 10.5 Å². The molecule has 0 unspecified atom stereocenters. The first-order chi connectivity index (χ1) is 9.83. The standard InChI is InChI=1S/C13H10BrF2NO3S/c1-20-13-8(4-9(14)6-17-13)7-21(18,19)12-3-2-10(15)5-11(12)16/h2-6H,7H2,1H3. The maximum absolute atomic E-state index is 13.6. The molecule has 0 atom stereocenters. The van der Waals surface area contributed by atoms with E-state index in [-0.39, 0.29) is 11.4 Å². The van der Waals surface area contributed by atoms with E-state index in [0.717, 1.165) is 12.1 Å². The lowest BCUT2D eigenvalue weighted by Crippen LogP contribution is -2.09. The van der Waals surface area contributed by atoms with Crippen LogP contribution >= 0.6 is 15.9 Å². The van der Waals surface area contributed by atoms with E-state index in [1.165, 1.54) is 19.4 Å². The van der Waals surface area contributed by atoms with Crippen molar-refractivity contribution in [1.29, 1.82) is 0 Å². The highest BCUT2D eigenvalue weighted by Crippen LogP contribution is 2.26. The molecule has 0 spiro atoms. The van der Waals surface area contributed by atoms with Gasteiger partial charge in [0.05, 0.1) is 12.9 Å². The van der Waals surface area contributed by atoms with E-state index in [9.17, 15) is 17.2 Å². The summed E-state index contributed by atoms with van der Waals surface area (Å²) in [6.45, 7) is 0. The second-order valence-electron chi connectivity index (χ2n) is 4.16. The summed E-state index contributed by atoms with van der Waals surface area (Å²) in [5.74, 6) is -2.35. The van der Waals surface area contributed by atoms with Crippen LogP contribution in [0, 0.1) is 11.6 Å². The van der Waals surface area contributed by atoms with Gasteiger partial charge in [-0.1, -0.05) is 0 Å². The molecule has 0 aliphatic rings. The summed E-state index contributed by atoms with van der Waals surface area (Å²) in [5.41, 5.74) is 0.274. The van der Waals surface area contributed by atoms with Gasteiger partial charge in [-0.3, -0.25) is 0 Å². The van der Waals surface area contributed by atoms with Crippen LogP contribution in [0.15, 0.2) is 39.8 Å². The quantitative estimate of drug-likeness (QED) is 0.768. The number of hydrogen-bond donors (Lipinski definition) is 0. The van der Waals surface area contributed by atoms with Gasteiger partial charge in [0.15, 0.2) is 9.84 Å². The molecule has 0 aliphatic heterocycles. The number of halogens is 3.